The summed E-state index contributed by atoms with van der Waals surface area (Å²) in [6.07, 6.45) is -7.71. The second-order valence-corrected chi connectivity index (χ2v) is 7.63. The molecule has 5 atom stereocenters. The van der Waals surface area contributed by atoms with E-state index in [4.69, 9.17) is 18.6 Å². The Morgan fingerprint density at radius 1 is 0.941 bits per heavy atom. The zero-order valence-corrected chi connectivity index (χ0v) is 17.7. The molecule has 1 fully saturated rings. The number of ether oxygens (including phenoxy) is 3. The van der Waals surface area contributed by atoms with Gasteiger partial charge in [-0.2, -0.15) is 0 Å². The normalized spacial score (nSPS) is 24.8. The van der Waals surface area contributed by atoms with Crippen LogP contribution in [0.15, 0.2) is 39.5 Å². The molecule has 12 heteroatoms. The van der Waals surface area contributed by atoms with Crippen molar-refractivity contribution in [1.82, 2.24) is 0 Å². The molecule has 0 amide bonds. The first-order valence-electron chi connectivity index (χ1n) is 10.0. The third-order valence-electron chi connectivity index (χ3n) is 5.45. The highest BCUT2D eigenvalue weighted by Gasteiger charge is 2.44. The molecule has 0 spiro atoms. The quantitative estimate of drug-likeness (QED) is 0.238. The lowest BCUT2D eigenvalue weighted by Crippen LogP contribution is -2.60. The Hall–Kier alpha value is -3.55. The molecule has 0 radical (unpaired) electrons. The van der Waals surface area contributed by atoms with E-state index in [0.717, 1.165) is 12.1 Å². The number of phenolic OH excluding ortho intramolecular Hbond substituents is 3. The average molecular weight is 478 g/mol. The Bertz CT molecular complexity index is 1270. The molecule has 1 aliphatic heterocycles. The van der Waals surface area contributed by atoms with Crippen molar-refractivity contribution in [2.24, 2.45) is 0 Å². The molecule has 1 saturated heterocycles. The van der Waals surface area contributed by atoms with Gasteiger partial charge in [0.1, 0.15) is 46.9 Å². The Morgan fingerprint density at radius 3 is 2.32 bits per heavy atom. The molecule has 4 rings (SSSR count). The zero-order valence-electron chi connectivity index (χ0n) is 17.7. The summed E-state index contributed by atoms with van der Waals surface area (Å²) in [4.78, 5) is 13.0. The van der Waals surface area contributed by atoms with Gasteiger partial charge in [-0.05, 0) is 18.2 Å². The van der Waals surface area contributed by atoms with E-state index < -0.39 is 60.0 Å². The molecule has 0 bridgehead atoms. The first kappa shape index (κ1) is 23.6. The molecule has 2 unspecified atom stereocenters. The lowest BCUT2D eigenvalue weighted by atomic mass is 9.99. The summed E-state index contributed by atoms with van der Waals surface area (Å²) in [5, 5.41) is 69.0. The molecule has 1 aliphatic rings. The van der Waals surface area contributed by atoms with Crippen molar-refractivity contribution >= 4 is 11.0 Å². The Labute approximate surface area is 191 Å². The van der Waals surface area contributed by atoms with E-state index in [1.54, 1.807) is 0 Å². The summed E-state index contributed by atoms with van der Waals surface area (Å²) in [5.41, 5.74) is -0.706. The summed E-state index contributed by atoms with van der Waals surface area (Å²) >= 11 is 0. The lowest BCUT2D eigenvalue weighted by Gasteiger charge is -2.39. The summed E-state index contributed by atoms with van der Waals surface area (Å²) in [6, 6.07) is 5.96. The van der Waals surface area contributed by atoms with Crippen molar-refractivity contribution < 1.29 is 54.4 Å². The summed E-state index contributed by atoms with van der Waals surface area (Å²) < 4.78 is 21.7. The molecular formula is C22H22O12. The van der Waals surface area contributed by atoms with E-state index in [0.29, 0.717) is 0 Å². The van der Waals surface area contributed by atoms with Gasteiger partial charge in [-0.3, -0.25) is 4.79 Å². The number of hydrogen-bond acceptors (Lipinski definition) is 12. The van der Waals surface area contributed by atoms with Crippen LogP contribution in [0.3, 0.4) is 0 Å². The van der Waals surface area contributed by atoms with Crippen molar-refractivity contribution in [3.63, 3.8) is 0 Å². The van der Waals surface area contributed by atoms with Crippen molar-refractivity contribution in [3.8, 4) is 40.1 Å². The lowest BCUT2D eigenvalue weighted by molar-refractivity contribution is -0.277. The highest BCUT2D eigenvalue weighted by atomic mass is 16.7. The molecule has 1 aromatic heterocycles. The molecule has 34 heavy (non-hydrogen) atoms. The molecule has 2 heterocycles. The van der Waals surface area contributed by atoms with E-state index in [2.05, 4.69) is 0 Å². The third kappa shape index (κ3) is 3.97. The van der Waals surface area contributed by atoms with Gasteiger partial charge in [0, 0.05) is 17.7 Å². The number of aliphatic hydroxyl groups excluding tert-OH is 4. The summed E-state index contributed by atoms with van der Waals surface area (Å²) in [6.45, 7) is -0.661. The smallest absolute Gasteiger partial charge is 0.239 e. The van der Waals surface area contributed by atoms with Crippen LogP contribution in [-0.2, 0) is 4.74 Å². The van der Waals surface area contributed by atoms with Crippen LogP contribution in [0.4, 0.5) is 0 Å². The van der Waals surface area contributed by atoms with Crippen molar-refractivity contribution in [2.75, 3.05) is 13.7 Å². The molecule has 12 nitrogen and oxygen atoms in total. The van der Waals surface area contributed by atoms with Gasteiger partial charge in [-0.25, -0.2) is 0 Å². The number of aliphatic hydroxyl groups is 4. The second-order valence-electron chi connectivity index (χ2n) is 7.63. The molecule has 7 N–H and O–H groups in total. The number of benzene rings is 2. The molecule has 182 valence electrons. The van der Waals surface area contributed by atoms with Gasteiger partial charge in [0.05, 0.1) is 13.7 Å². The Kier molecular flexibility index (Phi) is 6.25. The number of aromatic hydroxyl groups is 3. The fourth-order valence-corrected chi connectivity index (χ4v) is 3.66. The number of fused-ring (bicyclic) bond motifs is 1. The second kappa shape index (κ2) is 9.00. The van der Waals surface area contributed by atoms with Crippen molar-refractivity contribution in [2.45, 2.75) is 30.7 Å². The molecule has 2 aromatic carbocycles. The molecule has 3 aromatic rings. The van der Waals surface area contributed by atoms with Gasteiger partial charge in [0.2, 0.25) is 17.5 Å². The van der Waals surface area contributed by atoms with E-state index in [9.17, 15) is 40.5 Å². The van der Waals surface area contributed by atoms with Crippen LogP contribution in [0.2, 0.25) is 0 Å². The first-order valence-corrected chi connectivity index (χ1v) is 10.0. The van der Waals surface area contributed by atoms with E-state index >= 15 is 0 Å². The summed E-state index contributed by atoms with van der Waals surface area (Å²) in [7, 11) is 1.22. The van der Waals surface area contributed by atoms with Crippen LogP contribution in [0.25, 0.3) is 22.3 Å². The zero-order chi connectivity index (χ0) is 24.7. The summed E-state index contributed by atoms with van der Waals surface area (Å²) in [5.74, 6) is -1.93. The minimum absolute atomic E-state index is 0.111. The van der Waals surface area contributed by atoms with Crippen LogP contribution < -0.4 is 14.9 Å². The van der Waals surface area contributed by atoms with Crippen LogP contribution in [-0.4, -0.2) is 80.2 Å². The van der Waals surface area contributed by atoms with Gasteiger partial charge in [0.25, 0.3) is 0 Å². The highest BCUT2D eigenvalue weighted by molar-refractivity contribution is 5.88. The fraction of sp³-hybridized carbons (Fsp3) is 0.318. The monoisotopic (exact) mass is 478 g/mol. The van der Waals surface area contributed by atoms with Crippen LogP contribution in [0.1, 0.15) is 0 Å². The maximum atomic E-state index is 13.0. The maximum Gasteiger partial charge on any atom is 0.239 e. The van der Waals surface area contributed by atoms with Gasteiger partial charge in [0.15, 0.2) is 17.3 Å². The Balaban J connectivity index is 1.79. The SMILES string of the molecule is COc1c(-c2ccc(O)c(O)c2)oc2cc(O[C@@H]3OC(CO)[C@@H](O)[C@H](O)C3O)cc(O)c2c1=O. The fourth-order valence-electron chi connectivity index (χ4n) is 3.66. The average Bonchev–Trinajstić information content (AvgIpc) is 2.80. The minimum atomic E-state index is -1.70. The molecular weight excluding hydrogens is 456 g/mol. The number of methoxy groups -OCH3 is 1. The predicted molar refractivity (Wildman–Crippen MR) is 114 cm³/mol. The standard InChI is InChI=1S/C22H22O12/c1-31-21-17(28)15-12(26)5-9(32-22-19(30)18(29)16(27)14(7-23)34-22)6-13(15)33-20(21)8-2-3-10(24)11(25)4-8/h2-6,14,16,18-19,22-27,29-30H,7H2,1H3/t14?,16-,18+,19?,22-/m1/s1. The predicted octanol–water partition coefficient (Wildman–Crippen LogP) is -0.236. The topological polar surface area (TPSA) is 200 Å². The minimum Gasteiger partial charge on any atom is -0.507 e. The molecule has 0 aliphatic carbocycles. The van der Waals surface area contributed by atoms with Crippen molar-refractivity contribution in [3.05, 3.63) is 40.6 Å². The largest absolute Gasteiger partial charge is 0.507 e. The number of phenols is 3. The van der Waals surface area contributed by atoms with Crippen LogP contribution in [0, 0.1) is 0 Å². The maximum absolute atomic E-state index is 13.0. The number of rotatable bonds is 5. The van der Waals surface area contributed by atoms with Gasteiger partial charge >= 0.3 is 0 Å². The first-order chi connectivity index (χ1) is 16.2. The van der Waals surface area contributed by atoms with Crippen molar-refractivity contribution in [1.29, 1.82) is 0 Å². The number of hydrogen-bond donors (Lipinski definition) is 7. The molecule has 0 saturated carbocycles. The van der Waals surface area contributed by atoms with Gasteiger partial charge < -0.3 is 54.4 Å². The third-order valence-corrected chi connectivity index (χ3v) is 5.45. The van der Waals surface area contributed by atoms with E-state index in [1.165, 1.54) is 25.3 Å². The van der Waals surface area contributed by atoms with Gasteiger partial charge in [-0.15, -0.1) is 0 Å². The Morgan fingerprint density at radius 2 is 1.68 bits per heavy atom. The van der Waals surface area contributed by atoms with Gasteiger partial charge in [-0.1, -0.05) is 0 Å². The highest BCUT2D eigenvalue weighted by Crippen LogP contribution is 2.38. The van der Waals surface area contributed by atoms with Crippen LogP contribution >= 0.6 is 0 Å². The van der Waals surface area contributed by atoms with Crippen LogP contribution in [0.5, 0.6) is 28.7 Å². The van der Waals surface area contributed by atoms with E-state index in [-0.39, 0.29) is 33.8 Å². The van der Waals surface area contributed by atoms with E-state index in [1.807, 2.05) is 0 Å².